The second-order valence-electron chi connectivity index (χ2n) is 5.08. The van der Waals surface area contributed by atoms with Crippen molar-refractivity contribution < 1.29 is 14.3 Å². The number of nitrogens with one attached hydrogen (secondary N) is 1. The van der Waals surface area contributed by atoms with E-state index in [1.54, 1.807) is 12.1 Å². The Morgan fingerprint density at radius 1 is 1.25 bits per heavy atom. The topological polar surface area (TPSA) is 107 Å². The van der Waals surface area contributed by atoms with E-state index in [-0.39, 0.29) is 17.2 Å². The second kappa shape index (κ2) is 5.92. The molecule has 0 saturated carbocycles. The van der Waals surface area contributed by atoms with Crippen LogP contribution in [0.3, 0.4) is 0 Å². The predicted octanol–water partition coefficient (Wildman–Crippen LogP) is 0.721. The van der Waals surface area contributed by atoms with Crippen LogP contribution in [0.4, 0.5) is 5.69 Å². The van der Waals surface area contributed by atoms with Gasteiger partial charge in [0.05, 0.1) is 6.61 Å². The summed E-state index contributed by atoms with van der Waals surface area (Å²) in [5.41, 5.74) is 11.7. The molecule has 0 radical (unpaired) electrons. The van der Waals surface area contributed by atoms with Gasteiger partial charge in [0.2, 0.25) is 11.8 Å². The number of rotatable bonds is 5. The minimum Gasteiger partial charge on any atom is -0.382 e. The fraction of sp³-hybridized carbons (Fsp3) is 0.429. The highest BCUT2D eigenvalue weighted by Crippen LogP contribution is 2.22. The number of ether oxygens (including phenoxy) is 1. The first kappa shape index (κ1) is 14.3. The Kier molecular flexibility index (Phi) is 4.24. The number of carbonyl (C=O) groups is 2. The maximum Gasteiger partial charge on any atom is 0.248 e. The average molecular weight is 277 g/mol. The van der Waals surface area contributed by atoms with Gasteiger partial charge in [0.15, 0.2) is 0 Å². The molecule has 0 aliphatic carbocycles. The molecular formula is C14H19N3O3. The number of nitrogens with two attached hydrogens (primary N) is 2. The van der Waals surface area contributed by atoms with Crippen LogP contribution in [-0.2, 0) is 4.74 Å². The standard InChI is InChI=1S/C14H19N3O3/c1-8(9-2-3-20-7-9)17-12-5-10(13(15)18)4-11(6-12)14(16)19/h4-6,8-9,17H,2-3,7H2,1H3,(H2,15,18)(H2,16,19). The van der Waals surface area contributed by atoms with Crippen molar-refractivity contribution in [3.63, 3.8) is 0 Å². The molecule has 1 aliphatic heterocycles. The highest BCUT2D eigenvalue weighted by Gasteiger charge is 2.22. The van der Waals surface area contributed by atoms with E-state index in [9.17, 15) is 9.59 Å². The van der Waals surface area contributed by atoms with Crippen molar-refractivity contribution in [3.8, 4) is 0 Å². The maximum atomic E-state index is 11.3. The normalized spacial score (nSPS) is 19.6. The van der Waals surface area contributed by atoms with Crippen molar-refractivity contribution in [1.82, 2.24) is 0 Å². The van der Waals surface area contributed by atoms with Gasteiger partial charge in [-0.25, -0.2) is 0 Å². The number of carbonyl (C=O) groups excluding carboxylic acids is 2. The number of hydrogen-bond donors (Lipinski definition) is 3. The Balaban J connectivity index is 2.21. The molecule has 1 aromatic carbocycles. The Hall–Kier alpha value is -2.08. The third-order valence-corrected chi connectivity index (χ3v) is 3.57. The molecule has 2 amide bonds. The number of hydrogen-bond acceptors (Lipinski definition) is 4. The number of primary amides is 2. The van der Waals surface area contributed by atoms with Crippen molar-refractivity contribution in [2.45, 2.75) is 19.4 Å². The summed E-state index contributed by atoms with van der Waals surface area (Å²) in [6, 6.07) is 4.82. The van der Waals surface area contributed by atoms with E-state index in [0.717, 1.165) is 13.0 Å². The molecule has 1 aliphatic rings. The van der Waals surface area contributed by atoms with E-state index in [2.05, 4.69) is 5.32 Å². The van der Waals surface area contributed by atoms with Gasteiger partial charge in [-0.1, -0.05) is 0 Å². The second-order valence-corrected chi connectivity index (χ2v) is 5.08. The zero-order valence-electron chi connectivity index (χ0n) is 11.4. The Morgan fingerprint density at radius 3 is 2.30 bits per heavy atom. The van der Waals surface area contributed by atoms with Gasteiger partial charge in [-0.2, -0.15) is 0 Å². The molecule has 6 nitrogen and oxygen atoms in total. The third kappa shape index (κ3) is 3.27. The lowest BCUT2D eigenvalue weighted by Gasteiger charge is -2.21. The molecule has 0 bridgehead atoms. The molecule has 2 rings (SSSR count). The number of amides is 2. The van der Waals surface area contributed by atoms with Crippen molar-refractivity contribution in [3.05, 3.63) is 29.3 Å². The summed E-state index contributed by atoms with van der Waals surface area (Å²) in [5, 5.41) is 3.28. The van der Waals surface area contributed by atoms with Crippen molar-refractivity contribution in [2.75, 3.05) is 18.5 Å². The van der Waals surface area contributed by atoms with Crippen LogP contribution in [0.25, 0.3) is 0 Å². The van der Waals surface area contributed by atoms with Crippen LogP contribution in [0.15, 0.2) is 18.2 Å². The van der Waals surface area contributed by atoms with E-state index in [4.69, 9.17) is 16.2 Å². The van der Waals surface area contributed by atoms with E-state index in [1.807, 2.05) is 6.92 Å². The molecular weight excluding hydrogens is 258 g/mol. The fourth-order valence-electron chi connectivity index (χ4n) is 2.32. The lowest BCUT2D eigenvalue weighted by atomic mass is 10.00. The molecule has 108 valence electrons. The zero-order chi connectivity index (χ0) is 14.7. The molecule has 0 spiro atoms. The summed E-state index contributed by atoms with van der Waals surface area (Å²) < 4.78 is 5.35. The lowest BCUT2D eigenvalue weighted by Crippen LogP contribution is -2.26. The Bertz CT molecular complexity index is 492. The number of benzene rings is 1. The van der Waals surface area contributed by atoms with Crippen molar-refractivity contribution in [1.29, 1.82) is 0 Å². The van der Waals surface area contributed by atoms with E-state index >= 15 is 0 Å². The van der Waals surface area contributed by atoms with Crippen LogP contribution in [0.2, 0.25) is 0 Å². The molecule has 20 heavy (non-hydrogen) atoms. The molecule has 1 heterocycles. The highest BCUT2D eigenvalue weighted by molar-refractivity contribution is 5.99. The van der Waals surface area contributed by atoms with Crippen LogP contribution in [0.1, 0.15) is 34.1 Å². The van der Waals surface area contributed by atoms with E-state index in [0.29, 0.717) is 18.2 Å². The average Bonchev–Trinajstić information content (AvgIpc) is 2.92. The van der Waals surface area contributed by atoms with Crippen molar-refractivity contribution in [2.24, 2.45) is 17.4 Å². The Labute approximate surface area is 117 Å². The summed E-state index contributed by atoms with van der Waals surface area (Å²) in [6.45, 7) is 3.52. The first-order chi connectivity index (χ1) is 9.47. The van der Waals surface area contributed by atoms with Gasteiger partial charge >= 0.3 is 0 Å². The van der Waals surface area contributed by atoms with Crippen LogP contribution in [0, 0.1) is 5.92 Å². The quantitative estimate of drug-likeness (QED) is 0.737. The molecule has 1 aromatic rings. The van der Waals surface area contributed by atoms with Crippen LogP contribution in [-0.4, -0.2) is 31.1 Å². The summed E-state index contributed by atoms with van der Waals surface area (Å²) >= 11 is 0. The third-order valence-electron chi connectivity index (χ3n) is 3.57. The van der Waals surface area contributed by atoms with Crippen molar-refractivity contribution >= 4 is 17.5 Å². The minimum absolute atomic E-state index is 0.168. The largest absolute Gasteiger partial charge is 0.382 e. The monoisotopic (exact) mass is 277 g/mol. The summed E-state index contributed by atoms with van der Waals surface area (Å²) in [5.74, 6) is -0.773. The van der Waals surface area contributed by atoms with E-state index < -0.39 is 11.8 Å². The highest BCUT2D eigenvalue weighted by atomic mass is 16.5. The van der Waals surface area contributed by atoms with Crippen LogP contribution >= 0.6 is 0 Å². The molecule has 2 atom stereocenters. The summed E-state index contributed by atoms with van der Waals surface area (Å²) in [6.07, 6.45) is 0.992. The minimum atomic E-state index is -0.590. The van der Waals surface area contributed by atoms with Gasteiger partial charge in [-0.3, -0.25) is 9.59 Å². The van der Waals surface area contributed by atoms with Crippen LogP contribution in [0.5, 0.6) is 0 Å². The van der Waals surface area contributed by atoms with Gasteiger partial charge in [0.1, 0.15) is 0 Å². The van der Waals surface area contributed by atoms with Gasteiger partial charge in [-0.15, -0.1) is 0 Å². The lowest BCUT2D eigenvalue weighted by molar-refractivity contribution is 0.0999. The molecule has 5 N–H and O–H groups in total. The maximum absolute atomic E-state index is 11.3. The SMILES string of the molecule is CC(Nc1cc(C(N)=O)cc(C(N)=O)c1)C1CCOC1. The molecule has 6 heteroatoms. The van der Waals surface area contributed by atoms with Crippen LogP contribution < -0.4 is 16.8 Å². The summed E-state index contributed by atoms with van der Waals surface area (Å²) in [7, 11) is 0. The molecule has 1 fully saturated rings. The van der Waals surface area contributed by atoms with Gasteiger partial charge in [-0.05, 0) is 31.5 Å². The Morgan fingerprint density at radius 2 is 1.85 bits per heavy atom. The molecule has 1 saturated heterocycles. The van der Waals surface area contributed by atoms with Gasteiger partial charge < -0.3 is 21.5 Å². The molecule has 0 aromatic heterocycles. The fourth-order valence-corrected chi connectivity index (χ4v) is 2.32. The summed E-state index contributed by atoms with van der Waals surface area (Å²) in [4.78, 5) is 22.6. The first-order valence-electron chi connectivity index (χ1n) is 6.56. The molecule has 2 unspecified atom stereocenters. The van der Waals surface area contributed by atoms with E-state index in [1.165, 1.54) is 6.07 Å². The van der Waals surface area contributed by atoms with Gasteiger partial charge in [0.25, 0.3) is 0 Å². The number of anilines is 1. The smallest absolute Gasteiger partial charge is 0.248 e. The zero-order valence-corrected chi connectivity index (χ0v) is 11.4. The first-order valence-corrected chi connectivity index (χ1v) is 6.56. The predicted molar refractivity (Wildman–Crippen MR) is 75.5 cm³/mol. The van der Waals surface area contributed by atoms with Gasteiger partial charge in [0, 0.05) is 35.4 Å².